The van der Waals surface area contributed by atoms with Crippen LogP contribution in [0.25, 0.3) is 0 Å². The summed E-state index contributed by atoms with van der Waals surface area (Å²) in [5.74, 6) is 0.831. The molecular formula is C13H23Cl2N3OS. The zero-order chi connectivity index (χ0) is 13.1. The van der Waals surface area contributed by atoms with Crippen molar-refractivity contribution in [3.05, 3.63) is 16.1 Å². The van der Waals surface area contributed by atoms with Crippen LogP contribution in [0, 0.1) is 5.92 Å². The summed E-state index contributed by atoms with van der Waals surface area (Å²) >= 11 is 1.56. The van der Waals surface area contributed by atoms with Gasteiger partial charge in [-0.25, -0.2) is 4.98 Å². The highest BCUT2D eigenvalue weighted by molar-refractivity contribution is 7.09. The van der Waals surface area contributed by atoms with Gasteiger partial charge in [0.05, 0.1) is 5.01 Å². The van der Waals surface area contributed by atoms with Gasteiger partial charge in [-0.3, -0.25) is 4.79 Å². The van der Waals surface area contributed by atoms with Gasteiger partial charge in [0.25, 0.3) is 5.91 Å². The van der Waals surface area contributed by atoms with Crippen LogP contribution >= 0.6 is 36.2 Å². The first-order valence-corrected chi connectivity index (χ1v) is 7.43. The summed E-state index contributed by atoms with van der Waals surface area (Å²) < 4.78 is 0. The van der Waals surface area contributed by atoms with Crippen molar-refractivity contribution in [3.8, 4) is 0 Å². The molecule has 7 heteroatoms. The van der Waals surface area contributed by atoms with E-state index in [1.165, 1.54) is 0 Å². The molecule has 0 saturated carbocycles. The van der Waals surface area contributed by atoms with Crippen LogP contribution in [0.2, 0.25) is 0 Å². The van der Waals surface area contributed by atoms with Crippen molar-refractivity contribution in [1.29, 1.82) is 0 Å². The van der Waals surface area contributed by atoms with E-state index < -0.39 is 0 Å². The second kappa shape index (κ2) is 8.82. The molecule has 2 heterocycles. The molecule has 0 bridgehead atoms. The lowest BCUT2D eigenvalue weighted by Gasteiger charge is -2.29. The molecular weight excluding hydrogens is 317 g/mol. The first-order chi connectivity index (χ1) is 8.58. The molecule has 1 aliphatic heterocycles. The van der Waals surface area contributed by atoms with E-state index in [1.54, 1.807) is 11.3 Å². The van der Waals surface area contributed by atoms with E-state index in [1.807, 2.05) is 5.38 Å². The molecule has 0 radical (unpaired) electrons. The number of halogens is 2. The van der Waals surface area contributed by atoms with Gasteiger partial charge in [-0.05, 0) is 25.4 Å². The smallest absolute Gasteiger partial charge is 0.270 e. The van der Waals surface area contributed by atoms with Crippen molar-refractivity contribution in [1.82, 2.24) is 15.6 Å². The summed E-state index contributed by atoms with van der Waals surface area (Å²) in [5, 5.41) is 9.32. The molecule has 2 N–H and O–H groups in total. The van der Waals surface area contributed by atoms with Crippen LogP contribution in [-0.2, 0) is 0 Å². The minimum Gasteiger partial charge on any atom is -0.348 e. The number of piperidine rings is 1. The molecule has 1 aliphatic rings. The molecule has 2 unspecified atom stereocenters. The number of thiazole rings is 1. The van der Waals surface area contributed by atoms with Gasteiger partial charge in [-0.1, -0.05) is 20.8 Å². The van der Waals surface area contributed by atoms with E-state index in [-0.39, 0.29) is 36.8 Å². The molecule has 1 amide bonds. The van der Waals surface area contributed by atoms with Crippen molar-refractivity contribution >= 4 is 42.1 Å². The van der Waals surface area contributed by atoms with Gasteiger partial charge >= 0.3 is 0 Å². The van der Waals surface area contributed by atoms with E-state index in [0.717, 1.165) is 24.5 Å². The Hall–Kier alpha value is -0.360. The first kappa shape index (κ1) is 19.6. The average molecular weight is 340 g/mol. The van der Waals surface area contributed by atoms with Crippen molar-refractivity contribution in [3.63, 3.8) is 0 Å². The third-order valence-electron chi connectivity index (χ3n) is 3.35. The third kappa shape index (κ3) is 4.88. The largest absolute Gasteiger partial charge is 0.348 e. The molecule has 116 valence electrons. The Bertz CT molecular complexity index is 426. The second-order valence-electron chi connectivity index (χ2n) is 5.28. The third-order valence-corrected chi connectivity index (χ3v) is 4.50. The average Bonchev–Trinajstić information content (AvgIpc) is 2.81. The Morgan fingerprint density at radius 2 is 2.20 bits per heavy atom. The molecule has 1 aromatic heterocycles. The Morgan fingerprint density at radius 3 is 2.75 bits per heavy atom. The van der Waals surface area contributed by atoms with Crippen LogP contribution in [0.4, 0.5) is 0 Å². The summed E-state index contributed by atoms with van der Waals surface area (Å²) in [4.78, 5) is 16.5. The summed E-state index contributed by atoms with van der Waals surface area (Å²) in [6.45, 7) is 8.30. The number of amides is 1. The molecule has 0 aromatic carbocycles. The van der Waals surface area contributed by atoms with Crippen molar-refractivity contribution in [2.45, 2.75) is 39.2 Å². The summed E-state index contributed by atoms with van der Waals surface area (Å²) in [7, 11) is 0. The van der Waals surface area contributed by atoms with E-state index in [9.17, 15) is 4.79 Å². The minimum absolute atomic E-state index is 0. The van der Waals surface area contributed by atoms with Crippen LogP contribution in [0.15, 0.2) is 5.38 Å². The molecule has 0 aliphatic carbocycles. The van der Waals surface area contributed by atoms with Gasteiger partial charge in [-0.15, -0.1) is 36.2 Å². The number of hydrogen-bond acceptors (Lipinski definition) is 4. The van der Waals surface area contributed by atoms with E-state index >= 15 is 0 Å². The van der Waals surface area contributed by atoms with Gasteiger partial charge in [0.1, 0.15) is 5.69 Å². The predicted octanol–water partition coefficient (Wildman–Crippen LogP) is 2.84. The fourth-order valence-electron chi connectivity index (χ4n) is 2.13. The fourth-order valence-corrected chi connectivity index (χ4v) is 2.94. The zero-order valence-corrected chi connectivity index (χ0v) is 14.5. The van der Waals surface area contributed by atoms with Gasteiger partial charge in [-0.2, -0.15) is 0 Å². The monoisotopic (exact) mass is 339 g/mol. The number of aromatic nitrogens is 1. The molecule has 0 spiro atoms. The van der Waals surface area contributed by atoms with Crippen molar-refractivity contribution in [2.75, 3.05) is 13.1 Å². The molecule has 1 saturated heterocycles. The van der Waals surface area contributed by atoms with Gasteiger partial charge in [0.2, 0.25) is 0 Å². The number of carbonyl (C=O) groups excluding carboxylic acids is 1. The van der Waals surface area contributed by atoms with Crippen LogP contribution in [-0.4, -0.2) is 30.0 Å². The van der Waals surface area contributed by atoms with E-state index in [0.29, 0.717) is 17.5 Å². The highest BCUT2D eigenvalue weighted by atomic mass is 35.5. The van der Waals surface area contributed by atoms with Crippen molar-refractivity contribution < 1.29 is 4.79 Å². The maximum absolute atomic E-state index is 12.1. The lowest BCUT2D eigenvalue weighted by Crippen LogP contribution is -2.48. The second-order valence-corrected chi connectivity index (χ2v) is 6.17. The number of nitrogens with one attached hydrogen (secondary N) is 2. The quantitative estimate of drug-likeness (QED) is 0.890. The minimum atomic E-state index is -0.0306. The zero-order valence-electron chi connectivity index (χ0n) is 12.0. The summed E-state index contributed by atoms with van der Waals surface area (Å²) in [6.07, 6.45) is 0.994. The molecule has 1 aromatic rings. The first-order valence-electron chi connectivity index (χ1n) is 6.55. The van der Waals surface area contributed by atoms with Gasteiger partial charge < -0.3 is 10.6 Å². The topological polar surface area (TPSA) is 54.0 Å². The molecule has 2 atom stereocenters. The van der Waals surface area contributed by atoms with Crippen LogP contribution in [0.5, 0.6) is 0 Å². The predicted molar refractivity (Wildman–Crippen MR) is 88.6 cm³/mol. The SMILES string of the molecule is CC(C)c1nc(C(=O)NC2CCNCC2C)cs1.Cl.Cl. The highest BCUT2D eigenvalue weighted by Gasteiger charge is 2.24. The van der Waals surface area contributed by atoms with Gasteiger partial charge in [0, 0.05) is 17.3 Å². The Morgan fingerprint density at radius 1 is 1.50 bits per heavy atom. The highest BCUT2D eigenvalue weighted by Crippen LogP contribution is 2.19. The van der Waals surface area contributed by atoms with Gasteiger partial charge in [0.15, 0.2) is 0 Å². The molecule has 20 heavy (non-hydrogen) atoms. The Labute approximate surface area is 137 Å². The maximum Gasteiger partial charge on any atom is 0.270 e. The Kier molecular flexibility index (Phi) is 8.66. The van der Waals surface area contributed by atoms with E-state index in [2.05, 4.69) is 36.4 Å². The fraction of sp³-hybridized carbons (Fsp3) is 0.692. The summed E-state index contributed by atoms with van der Waals surface area (Å²) in [5.41, 5.74) is 0.564. The van der Waals surface area contributed by atoms with Crippen molar-refractivity contribution in [2.24, 2.45) is 5.92 Å². The molecule has 4 nitrogen and oxygen atoms in total. The molecule has 1 fully saturated rings. The number of nitrogens with zero attached hydrogens (tertiary/aromatic N) is 1. The standard InChI is InChI=1S/C13H21N3OS.2ClH/c1-8(2)13-16-11(7-18-13)12(17)15-10-4-5-14-6-9(10)3;;/h7-10,14H,4-6H2,1-3H3,(H,15,17);2*1H. The summed E-state index contributed by atoms with van der Waals surface area (Å²) in [6, 6.07) is 0.267. The molecule has 2 rings (SSSR count). The number of carbonyl (C=O) groups is 1. The van der Waals surface area contributed by atoms with Crippen LogP contribution in [0.1, 0.15) is 48.6 Å². The lowest BCUT2D eigenvalue weighted by atomic mass is 9.95. The number of hydrogen-bond donors (Lipinski definition) is 2. The Balaban J connectivity index is 0.00000180. The van der Waals surface area contributed by atoms with Crippen LogP contribution < -0.4 is 10.6 Å². The number of rotatable bonds is 3. The normalized spacial score (nSPS) is 21.8. The van der Waals surface area contributed by atoms with E-state index in [4.69, 9.17) is 0 Å². The maximum atomic E-state index is 12.1. The van der Waals surface area contributed by atoms with Crippen LogP contribution in [0.3, 0.4) is 0 Å². The lowest BCUT2D eigenvalue weighted by molar-refractivity contribution is 0.0909.